The van der Waals surface area contributed by atoms with E-state index in [0.29, 0.717) is 22.6 Å². The van der Waals surface area contributed by atoms with Crippen LogP contribution in [-0.4, -0.2) is 30.4 Å². The molecule has 2 N–H and O–H groups in total. The Kier molecular flexibility index (Phi) is 6.41. The van der Waals surface area contributed by atoms with Gasteiger partial charge in [0.15, 0.2) is 11.5 Å². The smallest absolute Gasteiger partial charge is 0.275 e. The first-order valence-corrected chi connectivity index (χ1v) is 8.37. The molecule has 0 atom stereocenters. The van der Waals surface area contributed by atoms with Gasteiger partial charge in [0, 0.05) is 10.0 Å². The molecule has 0 bridgehead atoms. The summed E-state index contributed by atoms with van der Waals surface area (Å²) in [6, 6.07) is 10.2. The van der Waals surface area contributed by atoms with Crippen LogP contribution >= 0.6 is 15.9 Å². The molecular formula is C18H19BrN2O4. The van der Waals surface area contributed by atoms with Gasteiger partial charge in [-0.3, -0.25) is 4.79 Å². The second-order valence-electron chi connectivity index (χ2n) is 5.40. The lowest BCUT2D eigenvalue weighted by Crippen LogP contribution is -2.20. The Morgan fingerprint density at radius 2 is 2.04 bits per heavy atom. The van der Waals surface area contributed by atoms with Gasteiger partial charge >= 0.3 is 0 Å². The zero-order valence-corrected chi connectivity index (χ0v) is 15.7. The summed E-state index contributed by atoms with van der Waals surface area (Å²) in [4.78, 5) is 12.4. The summed E-state index contributed by atoms with van der Waals surface area (Å²) in [6.07, 6.45) is 1.28. The highest BCUT2D eigenvalue weighted by Crippen LogP contribution is 2.28. The van der Waals surface area contributed by atoms with E-state index in [0.717, 1.165) is 4.47 Å². The molecule has 1 amide bonds. The second-order valence-corrected chi connectivity index (χ2v) is 6.32. The Labute approximate surface area is 154 Å². The number of phenols is 1. The van der Waals surface area contributed by atoms with E-state index in [1.54, 1.807) is 36.4 Å². The van der Waals surface area contributed by atoms with Crippen molar-refractivity contribution in [2.45, 2.75) is 20.0 Å². The maximum atomic E-state index is 12.4. The maximum absolute atomic E-state index is 12.4. The van der Waals surface area contributed by atoms with Crippen molar-refractivity contribution >= 4 is 28.1 Å². The third-order valence-corrected chi connectivity index (χ3v) is 3.66. The fraction of sp³-hybridized carbons (Fsp3) is 0.222. The van der Waals surface area contributed by atoms with Crippen LogP contribution in [0.3, 0.4) is 0 Å². The lowest BCUT2D eigenvalue weighted by molar-refractivity contribution is 0.0949. The molecule has 6 nitrogen and oxygen atoms in total. The predicted molar refractivity (Wildman–Crippen MR) is 99.6 cm³/mol. The molecule has 25 heavy (non-hydrogen) atoms. The molecule has 0 fully saturated rings. The monoisotopic (exact) mass is 406 g/mol. The number of phenolic OH excluding ortho intramolecular Hbond substituents is 1. The molecule has 7 heteroatoms. The van der Waals surface area contributed by atoms with Gasteiger partial charge in [0.1, 0.15) is 5.75 Å². The highest BCUT2D eigenvalue weighted by Gasteiger charge is 2.14. The fourth-order valence-corrected chi connectivity index (χ4v) is 2.43. The number of aromatic hydroxyl groups is 1. The quantitative estimate of drug-likeness (QED) is 0.565. The van der Waals surface area contributed by atoms with E-state index >= 15 is 0 Å². The number of amides is 1. The molecule has 0 unspecified atom stereocenters. The van der Waals surface area contributed by atoms with Crippen LogP contribution in [0.2, 0.25) is 0 Å². The molecular weight excluding hydrogens is 388 g/mol. The third-order valence-electron chi connectivity index (χ3n) is 3.17. The van der Waals surface area contributed by atoms with Crippen molar-refractivity contribution in [1.29, 1.82) is 0 Å². The summed E-state index contributed by atoms with van der Waals surface area (Å²) in [5, 5.41) is 13.9. The SMILES string of the molecule is COc1cccc(C=NNC(=O)c2cc(Br)ccc2OC(C)C)c1O. The van der Waals surface area contributed by atoms with Crippen LogP contribution in [0.4, 0.5) is 0 Å². The number of hydrazone groups is 1. The van der Waals surface area contributed by atoms with Crippen LogP contribution in [0.1, 0.15) is 29.8 Å². The summed E-state index contributed by atoms with van der Waals surface area (Å²) in [5.41, 5.74) is 3.21. The van der Waals surface area contributed by atoms with E-state index in [4.69, 9.17) is 9.47 Å². The van der Waals surface area contributed by atoms with Crippen molar-refractivity contribution in [2.24, 2.45) is 5.10 Å². The van der Waals surface area contributed by atoms with Crippen molar-refractivity contribution in [3.63, 3.8) is 0 Å². The lowest BCUT2D eigenvalue weighted by atomic mass is 10.2. The molecule has 2 aromatic carbocycles. The highest BCUT2D eigenvalue weighted by molar-refractivity contribution is 9.10. The van der Waals surface area contributed by atoms with Crippen molar-refractivity contribution in [3.05, 3.63) is 52.0 Å². The lowest BCUT2D eigenvalue weighted by Gasteiger charge is -2.13. The molecule has 0 aliphatic heterocycles. The zero-order valence-electron chi connectivity index (χ0n) is 14.1. The normalized spacial score (nSPS) is 10.9. The molecule has 0 saturated heterocycles. The summed E-state index contributed by atoms with van der Waals surface area (Å²) in [6.45, 7) is 3.76. The number of benzene rings is 2. The van der Waals surface area contributed by atoms with Gasteiger partial charge < -0.3 is 14.6 Å². The molecule has 0 spiro atoms. The van der Waals surface area contributed by atoms with Crippen molar-refractivity contribution in [1.82, 2.24) is 5.43 Å². The Bertz CT molecular complexity index is 791. The van der Waals surface area contributed by atoms with Crippen molar-refractivity contribution < 1.29 is 19.4 Å². The van der Waals surface area contributed by atoms with Gasteiger partial charge in [-0.15, -0.1) is 0 Å². The van der Waals surface area contributed by atoms with Gasteiger partial charge in [0.25, 0.3) is 5.91 Å². The Hall–Kier alpha value is -2.54. The van der Waals surface area contributed by atoms with E-state index in [1.807, 2.05) is 13.8 Å². The number of nitrogens with one attached hydrogen (secondary N) is 1. The zero-order chi connectivity index (χ0) is 18.4. The van der Waals surface area contributed by atoms with Gasteiger partial charge in [0.05, 0.1) is 25.0 Å². The van der Waals surface area contributed by atoms with E-state index in [9.17, 15) is 9.90 Å². The number of hydrogen-bond acceptors (Lipinski definition) is 5. The van der Waals surface area contributed by atoms with E-state index in [1.165, 1.54) is 13.3 Å². The van der Waals surface area contributed by atoms with Crippen LogP contribution in [0.15, 0.2) is 46.0 Å². The topological polar surface area (TPSA) is 80.2 Å². The number of para-hydroxylation sites is 1. The maximum Gasteiger partial charge on any atom is 0.275 e. The largest absolute Gasteiger partial charge is 0.504 e. The summed E-state index contributed by atoms with van der Waals surface area (Å²) < 4.78 is 11.4. The summed E-state index contributed by atoms with van der Waals surface area (Å²) in [7, 11) is 1.46. The second kappa shape index (κ2) is 8.53. The van der Waals surface area contributed by atoms with E-state index in [-0.39, 0.29) is 11.9 Å². The number of nitrogens with zero attached hydrogens (tertiary/aromatic N) is 1. The Balaban J connectivity index is 2.16. The van der Waals surface area contributed by atoms with E-state index < -0.39 is 5.91 Å². The standard InChI is InChI=1S/C18H19BrN2O4/c1-11(2)25-15-8-7-13(19)9-14(15)18(23)21-20-10-12-5-4-6-16(24-3)17(12)22/h4-11,22H,1-3H3,(H,21,23). The van der Waals surface area contributed by atoms with Crippen LogP contribution < -0.4 is 14.9 Å². The first-order valence-electron chi connectivity index (χ1n) is 7.58. The molecule has 2 aromatic rings. The van der Waals surface area contributed by atoms with Gasteiger partial charge in [-0.05, 0) is 44.2 Å². The fourth-order valence-electron chi connectivity index (χ4n) is 2.07. The van der Waals surface area contributed by atoms with Gasteiger partial charge in [-0.1, -0.05) is 22.0 Å². The molecule has 2 rings (SSSR count). The number of ether oxygens (including phenoxy) is 2. The molecule has 0 radical (unpaired) electrons. The number of rotatable bonds is 6. The first-order chi connectivity index (χ1) is 11.9. The molecule has 0 aromatic heterocycles. The number of methoxy groups -OCH3 is 1. The third kappa shape index (κ3) is 4.96. The van der Waals surface area contributed by atoms with Crippen LogP contribution in [0.25, 0.3) is 0 Å². The predicted octanol–water partition coefficient (Wildman–Crippen LogP) is 3.71. The van der Waals surface area contributed by atoms with Gasteiger partial charge in [-0.2, -0.15) is 5.10 Å². The van der Waals surface area contributed by atoms with Gasteiger partial charge in [-0.25, -0.2) is 5.43 Å². The first kappa shape index (κ1) is 18.8. The average Bonchev–Trinajstić information content (AvgIpc) is 2.57. The number of carbonyl (C=O) groups is 1. The molecule has 0 aliphatic carbocycles. The molecule has 0 saturated carbocycles. The Morgan fingerprint density at radius 1 is 1.28 bits per heavy atom. The minimum atomic E-state index is -0.421. The number of halogens is 1. The average molecular weight is 407 g/mol. The van der Waals surface area contributed by atoms with E-state index in [2.05, 4.69) is 26.5 Å². The van der Waals surface area contributed by atoms with Crippen LogP contribution in [0, 0.1) is 0 Å². The van der Waals surface area contributed by atoms with Crippen molar-refractivity contribution in [3.8, 4) is 17.2 Å². The summed E-state index contributed by atoms with van der Waals surface area (Å²) in [5.74, 6) is 0.329. The van der Waals surface area contributed by atoms with Crippen LogP contribution in [0.5, 0.6) is 17.2 Å². The minimum absolute atomic E-state index is 0.0470. The number of hydrogen-bond donors (Lipinski definition) is 2. The highest BCUT2D eigenvalue weighted by atomic mass is 79.9. The molecule has 0 aliphatic rings. The number of carbonyl (C=O) groups excluding carboxylic acids is 1. The Morgan fingerprint density at radius 3 is 2.72 bits per heavy atom. The van der Waals surface area contributed by atoms with Crippen molar-refractivity contribution in [2.75, 3.05) is 7.11 Å². The molecule has 0 heterocycles. The summed E-state index contributed by atoms with van der Waals surface area (Å²) >= 11 is 3.34. The minimum Gasteiger partial charge on any atom is -0.504 e. The molecule has 132 valence electrons. The van der Waals surface area contributed by atoms with Gasteiger partial charge in [0.2, 0.25) is 0 Å². The van der Waals surface area contributed by atoms with Crippen LogP contribution in [-0.2, 0) is 0 Å².